The van der Waals surface area contributed by atoms with Crippen LogP contribution in [0.2, 0.25) is 10.0 Å². The molecule has 26 heavy (non-hydrogen) atoms. The molecule has 0 fully saturated rings. The zero-order chi connectivity index (χ0) is 19.6. The number of halogens is 5. The summed E-state index contributed by atoms with van der Waals surface area (Å²) in [5.74, 6) is -0.926. The lowest BCUT2D eigenvalue weighted by Gasteiger charge is -2.12. The first kappa shape index (κ1) is 19.7. The van der Waals surface area contributed by atoms with Crippen molar-refractivity contribution in [2.75, 3.05) is 5.32 Å². The quantitative estimate of drug-likeness (QED) is 0.614. The van der Waals surface area contributed by atoms with Crippen molar-refractivity contribution in [1.82, 2.24) is 4.57 Å². The number of anilines is 1. The van der Waals surface area contributed by atoms with Crippen molar-refractivity contribution in [3.63, 3.8) is 0 Å². The molecule has 0 bridgehead atoms. The van der Waals surface area contributed by atoms with Crippen LogP contribution in [0.1, 0.15) is 5.56 Å². The molecule has 1 N–H and O–H groups in total. The largest absolute Gasteiger partial charge is 0.417 e. The molecule has 2 rings (SSSR count). The molecule has 0 saturated heterocycles. The summed E-state index contributed by atoms with van der Waals surface area (Å²) >= 11 is 11.3. The number of rotatable bonds is 4. The average molecular weight is 410 g/mol. The topological polar surface area (TPSA) is 94.2 Å². The number of carbonyl (C=O) groups excluding carboxylic acids is 1. The summed E-state index contributed by atoms with van der Waals surface area (Å²) in [5, 5.41) is 12.2. The molecule has 2 aromatic rings. The molecular weight excluding hydrogens is 402 g/mol. The number of aromatic nitrogens is 1. The highest BCUT2D eigenvalue weighted by molar-refractivity contribution is 6.33. The first-order valence-electron chi connectivity index (χ1n) is 6.70. The third kappa shape index (κ3) is 4.52. The van der Waals surface area contributed by atoms with Gasteiger partial charge in [-0.05, 0) is 12.1 Å². The van der Waals surface area contributed by atoms with Crippen molar-refractivity contribution in [3.8, 4) is 0 Å². The Labute approximate surface area is 153 Å². The van der Waals surface area contributed by atoms with Gasteiger partial charge in [-0.15, -0.1) is 0 Å². The smallest absolute Gasteiger partial charge is 0.323 e. The Morgan fingerprint density at radius 1 is 1.23 bits per heavy atom. The predicted octanol–water partition coefficient (Wildman–Crippen LogP) is 3.72. The monoisotopic (exact) mass is 409 g/mol. The SMILES string of the molecule is O=C(Cn1cc(C(F)(F)F)cc(Cl)c1=O)Nc1cc([N+](=O)[O-])ccc1Cl. The maximum absolute atomic E-state index is 12.8. The zero-order valence-corrected chi connectivity index (χ0v) is 14.0. The summed E-state index contributed by atoms with van der Waals surface area (Å²) in [5.41, 5.74) is -2.69. The molecule has 0 aliphatic rings. The standard InChI is InChI=1S/C14H8Cl2F3N3O4/c15-9-2-1-8(22(25)26)4-11(9)20-12(23)6-21-5-7(14(17,18)19)3-10(16)13(21)24/h1-5H,6H2,(H,20,23). The summed E-state index contributed by atoms with van der Waals surface area (Å²) in [6, 6.07) is 3.70. The molecule has 0 spiro atoms. The second-order valence-electron chi connectivity index (χ2n) is 4.98. The number of hydrogen-bond acceptors (Lipinski definition) is 4. The lowest BCUT2D eigenvalue weighted by Crippen LogP contribution is -2.29. The van der Waals surface area contributed by atoms with Gasteiger partial charge >= 0.3 is 6.18 Å². The van der Waals surface area contributed by atoms with Crippen LogP contribution in [0.3, 0.4) is 0 Å². The van der Waals surface area contributed by atoms with Crippen molar-refractivity contribution < 1.29 is 22.9 Å². The third-order valence-electron chi connectivity index (χ3n) is 3.12. The molecule has 12 heteroatoms. The number of nitro groups is 1. The van der Waals surface area contributed by atoms with E-state index in [4.69, 9.17) is 23.2 Å². The fourth-order valence-electron chi connectivity index (χ4n) is 1.94. The van der Waals surface area contributed by atoms with Gasteiger partial charge < -0.3 is 9.88 Å². The molecule has 1 amide bonds. The van der Waals surface area contributed by atoms with Crippen LogP contribution in [0.15, 0.2) is 35.3 Å². The van der Waals surface area contributed by atoms with Crippen LogP contribution in [0.4, 0.5) is 24.5 Å². The number of benzene rings is 1. The van der Waals surface area contributed by atoms with Crippen molar-refractivity contribution in [2.45, 2.75) is 12.7 Å². The highest BCUT2D eigenvalue weighted by atomic mass is 35.5. The van der Waals surface area contributed by atoms with Crippen LogP contribution in [0, 0.1) is 10.1 Å². The van der Waals surface area contributed by atoms with Crippen LogP contribution >= 0.6 is 23.2 Å². The zero-order valence-electron chi connectivity index (χ0n) is 12.5. The van der Waals surface area contributed by atoms with E-state index in [9.17, 15) is 32.9 Å². The fourth-order valence-corrected chi connectivity index (χ4v) is 2.33. The number of pyridine rings is 1. The Balaban J connectivity index is 2.29. The molecule has 1 aromatic heterocycles. The Morgan fingerprint density at radius 2 is 1.88 bits per heavy atom. The summed E-state index contributed by atoms with van der Waals surface area (Å²) in [6.07, 6.45) is -4.32. The van der Waals surface area contributed by atoms with Crippen molar-refractivity contribution in [3.05, 3.63) is 66.5 Å². The van der Waals surface area contributed by atoms with Gasteiger partial charge in [0.2, 0.25) is 5.91 Å². The van der Waals surface area contributed by atoms with Gasteiger partial charge in [0, 0.05) is 18.3 Å². The molecule has 1 heterocycles. The van der Waals surface area contributed by atoms with Gasteiger partial charge in [0.15, 0.2) is 0 Å². The molecular formula is C14H8Cl2F3N3O4. The number of hydrogen-bond donors (Lipinski definition) is 1. The van der Waals surface area contributed by atoms with Crippen LogP contribution < -0.4 is 10.9 Å². The van der Waals surface area contributed by atoms with E-state index in [-0.39, 0.29) is 16.4 Å². The van der Waals surface area contributed by atoms with Crippen molar-refractivity contribution in [2.24, 2.45) is 0 Å². The molecule has 0 aliphatic carbocycles. The maximum Gasteiger partial charge on any atom is 0.417 e. The van der Waals surface area contributed by atoms with E-state index in [1.807, 2.05) is 0 Å². The number of nitro benzene ring substituents is 1. The summed E-state index contributed by atoms with van der Waals surface area (Å²) in [7, 11) is 0. The van der Waals surface area contributed by atoms with E-state index < -0.39 is 39.7 Å². The Kier molecular flexibility index (Phi) is 5.57. The molecule has 1 aromatic carbocycles. The molecule has 0 saturated carbocycles. The number of non-ortho nitro benzene ring substituents is 1. The van der Waals surface area contributed by atoms with E-state index in [0.29, 0.717) is 16.8 Å². The minimum Gasteiger partial charge on any atom is -0.323 e. The number of carbonyl (C=O) groups is 1. The third-order valence-corrected chi connectivity index (χ3v) is 3.72. The minimum absolute atomic E-state index is 0.0293. The predicted molar refractivity (Wildman–Crippen MR) is 87.5 cm³/mol. The molecule has 0 aliphatic heterocycles. The minimum atomic E-state index is -4.76. The van der Waals surface area contributed by atoms with Crippen LogP contribution in [0.25, 0.3) is 0 Å². The van der Waals surface area contributed by atoms with Gasteiger partial charge in [-0.3, -0.25) is 19.7 Å². The fraction of sp³-hybridized carbons (Fsp3) is 0.143. The normalized spacial score (nSPS) is 11.3. The first-order chi connectivity index (χ1) is 12.0. The Morgan fingerprint density at radius 3 is 2.46 bits per heavy atom. The van der Waals surface area contributed by atoms with E-state index in [2.05, 4.69) is 5.32 Å². The van der Waals surface area contributed by atoms with Crippen LogP contribution in [-0.2, 0) is 17.5 Å². The Bertz CT molecular complexity index is 944. The number of nitrogens with one attached hydrogen (secondary N) is 1. The maximum atomic E-state index is 12.8. The van der Waals surface area contributed by atoms with E-state index in [0.717, 1.165) is 12.1 Å². The summed E-state index contributed by atoms with van der Waals surface area (Å²) < 4.78 is 38.8. The second kappa shape index (κ2) is 7.34. The van der Waals surface area contributed by atoms with E-state index in [1.54, 1.807) is 0 Å². The van der Waals surface area contributed by atoms with Gasteiger partial charge in [-0.1, -0.05) is 23.2 Å². The van der Waals surface area contributed by atoms with Crippen molar-refractivity contribution in [1.29, 1.82) is 0 Å². The van der Waals surface area contributed by atoms with Crippen LogP contribution in [-0.4, -0.2) is 15.4 Å². The second-order valence-corrected chi connectivity index (χ2v) is 5.79. The van der Waals surface area contributed by atoms with Gasteiger partial charge in [-0.25, -0.2) is 0 Å². The van der Waals surface area contributed by atoms with Gasteiger partial charge in [0.1, 0.15) is 11.6 Å². The van der Waals surface area contributed by atoms with Gasteiger partial charge in [0.25, 0.3) is 11.2 Å². The summed E-state index contributed by atoms with van der Waals surface area (Å²) in [6.45, 7) is -0.804. The molecule has 7 nitrogen and oxygen atoms in total. The Hall–Kier alpha value is -2.59. The van der Waals surface area contributed by atoms with Gasteiger partial charge in [-0.2, -0.15) is 13.2 Å². The highest BCUT2D eigenvalue weighted by Gasteiger charge is 2.32. The van der Waals surface area contributed by atoms with E-state index >= 15 is 0 Å². The number of nitrogens with zero attached hydrogens (tertiary/aromatic N) is 2. The summed E-state index contributed by atoms with van der Waals surface area (Å²) in [4.78, 5) is 33.8. The lowest BCUT2D eigenvalue weighted by molar-refractivity contribution is -0.384. The lowest BCUT2D eigenvalue weighted by atomic mass is 10.2. The average Bonchev–Trinajstić information content (AvgIpc) is 2.52. The highest BCUT2D eigenvalue weighted by Crippen LogP contribution is 2.30. The van der Waals surface area contributed by atoms with E-state index in [1.165, 1.54) is 6.07 Å². The van der Waals surface area contributed by atoms with Crippen molar-refractivity contribution >= 4 is 40.5 Å². The molecule has 0 unspecified atom stereocenters. The van der Waals surface area contributed by atoms with Gasteiger partial charge in [0.05, 0.1) is 21.2 Å². The number of alkyl halides is 3. The van der Waals surface area contributed by atoms with Crippen LogP contribution in [0.5, 0.6) is 0 Å². The molecule has 138 valence electrons. The molecule has 0 atom stereocenters. The molecule has 0 radical (unpaired) electrons. The number of amides is 1. The first-order valence-corrected chi connectivity index (χ1v) is 7.45.